The first kappa shape index (κ1) is 21.3. The van der Waals surface area contributed by atoms with Crippen molar-refractivity contribution in [3.8, 4) is 11.3 Å². The van der Waals surface area contributed by atoms with Crippen LogP contribution in [0.4, 0.5) is 5.82 Å². The van der Waals surface area contributed by atoms with Crippen LogP contribution in [0.3, 0.4) is 0 Å². The maximum Gasteiger partial charge on any atom is 0.156 e. The Balaban J connectivity index is 1.42. The molecule has 0 aromatic carbocycles. The number of thiophene rings is 1. The molecule has 0 bridgehead atoms. The Bertz CT molecular complexity index is 1240. The van der Waals surface area contributed by atoms with E-state index in [2.05, 4.69) is 36.1 Å². The summed E-state index contributed by atoms with van der Waals surface area (Å²) in [6.07, 6.45) is 8.88. The molecule has 0 atom stereocenters. The summed E-state index contributed by atoms with van der Waals surface area (Å²) < 4.78 is 6.17. The van der Waals surface area contributed by atoms with Crippen LogP contribution in [0.5, 0.6) is 0 Å². The highest BCUT2D eigenvalue weighted by Gasteiger charge is 2.48. The molecule has 6 rings (SSSR count). The normalized spacial score (nSPS) is 24.9. The maximum absolute atomic E-state index is 6.17. The fourth-order valence-corrected chi connectivity index (χ4v) is 7.71. The van der Waals surface area contributed by atoms with Gasteiger partial charge >= 0.3 is 0 Å². The third-order valence-corrected chi connectivity index (χ3v) is 9.24. The highest BCUT2D eigenvalue weighted by molar-refractivity contribution is 7.19. The molecule has 0 unspecified atom stereocenters. The summed E-state index contributed by atoms with van der Waals surface area (Å²) in [5, 5.41) is 4.95. The SMILES string of the molecule is Cc1c(C2CC3(CNCCO3)C2)sc2[nH]c(-c3cnc(N=CN)c4c3CCC4)c(C(C)C)c12. The van der Waals surface area contributed by atoms with Gasteiger partial charge in [-0.05, 0) is 67.6 Å². The van der Waals surface area contributed by atoms with Crippen molar-refractivity contribution in [1.82, 2.24) is 15.3 Å². The minimum atomic E-state index is 0.0685. The zero-order chi connectivity index (χ0) is 22.7. The molecular formula is C26H33N5OS. The van der Waals surface area contributed by atoms with Crippen LogP contribution in [0.15, 0.2) is 11.2 Å². The van der Waals surface area contributed by atoms with Crippen LogP contribution in [-0.2, 0) is 17.6 Å². The molecule has 33 heavy (non-hydrogen) atoms. The standard InChI is InChI=1S/C26H33N5OS/c1-14(2)20-21-15(3)23(16-9-26(10-16)12-28-7-8-32-26)33-25(21)31-22(20)19-11-29-24(30-13-27)18-6-4-5-17(18)19/h11,13-14,16,28,31H,4-10,12H2,1-3H3,(H2,27,29,30). The Morgan fingerprint density at radius 3 is 2.85 bits per heavy atom. The molecule has 4 N–H and O–H groups in total. The van der Waals surface area contributed by atoms with E-state index in [1.165, 1.54) is 50.1 Å². The van der Waals surface area contributed by atoms with Gasteiger partial charge in [0.15, 0.2) is 5.82 Å². The van der Waals surface area contributed by atoms with Crippen LogP contribution in [0.25, 0.3) is 21.5 Å². The van der Waals surface area contributed by atoms with Crippen molar-refractivity contribution in [3.63, 3.8) is 0 Å². The van der Waals surface area contributed by atoms with Crippen molar-refractivity contribution in [3.05, 3.63) is 33.3 Å². The summed E-state index contributed by atoms with van der Waals surface area (Å²) in [6.45, 7) is 9.75. The lowest BCUT2D eigenvalue weighted by Crippen LogP contribution is -2.56. The van der Waals surface area contributed by atoms with Gasteiger partial charge in [-0.25, -0.2) is 9.98 Å². The van der Waals surface area contributed by atoms with E-state index in [9.17, 15) is 0 Å². The van der Waals surface area contributed by atoms with Gasteiger partial charge in [0.2, 0.25) is 0 Å². The molecular weight excluding hydrogens is 430 g/mol. The van der Waals surface area contributed by atoms with E-state index in [4.69, 9.17) is 15.5 Å². The molecule has 2 aliphatic carbocycles. The fourth-order valence-electron chi connectivity index (χ4n) is 6.39. The van der Waals surface area contributed by atoms with E-state index in [1.54, 1.807) is 4.88 Å². The van der Waals surface area contributed by atoms with Crippen molar-refractivity contribution in [1.29, 1.82) is 0 Å². The predicted molar refractivity (Wildman–Crippen MR) is 136 cm³/mol. The molecule has 7 heteroatoms. The van der Waals surface area contributed by atoms with Crippen molar-refractivity contribution in [2.45, 2.75) is 70.3 Å². The number of hydrogen-bond donors (Lipinski definition) is 3. The fraction of sp³-hybridized carbons (Fsp3) is 0.538. The Labute approximate surface area is 199 Å². The number of H-pyrrole nitrogens is 1. The van der Waals surface area contributed by atoms with Crippen molar-refractivity contribution in [2.24, 2.45) is 10.7 Å². The zero-order valence-corrected chi connectivity index (χ0v) is 20.6. The van der Waals surface area contributed by atoms with Crippen LogP contribution in [0.2, 0.25) is 0 Å². The number of aromatic amines is 1. The van der Waals surface area contributed by atoms with E-state index in [0.29, 0.717) is 11.8 Å². The monoisotopic (exact) mass is 463 g/mol. The van der Waals surface area contributed by atoms with Crippen LogP contribution in [0, 0.1) is 6.92 Å². The minimum Gasteiger partial charge on any atom is -0.390 e. The number of ether oxygens (including phenoxy) is 1. The van der Waals surface area contributed by atoms with E-state index in [-0.39, 0.29) is 5.60 Å². The molecule has 6 nitrogen and oxygen atoms in total. The second kappa shape index (κ2) is 7.93. The summed E-state index contributed by atoms with van der Waals surface area (Å²) in [5.74, 6) is 1.82. The van der Waals surface area contributed by atoms with Gasteiger partial charge in [0, 0.05) is 40.7 Å². The van der Waals surface area contributed by atoms with Crippen LogP contribution >= 0.6 is 11.3 Å². The number of nitrogens with zero attached hydrogens (tertiary/aromatic N) is 2. The smallest absolute Gasteiger partial charge is 0.156 e. The van der Waals surface area contributed by atoms with Gasteiger partial charge in [0.05, 0.1) is 24.2 Å². The summed E-state index contributed by atoms with van der Waals surface area (Å²) in [4.78, 5) is 15.7. The summed E-state index contributed by atoms with van der Waals surface area (Å²) >= 11 is 1.95. The van der Waals surface area contributed by atoms with Crippen molar-refractivity contribution in [2.75, 3.05) is 19.7 Å². The van der Waals surface area contributed by atoms with Gasteiger partial charge in [-0.2, -0.15) is 0 Å². The molecule has 1 aliphatic heterocycles. The average Bonchev–Trinajstić information content (AvgIpc) is 3.48. The number of rotatable bonds is 4. The lowest BCUT2D eigenvalue weighted by atomic mass is 9.69. The number of nitrogens with two attached hydrogens (primary N) is 1. The van der Waals surface area contributed by atoms with Gasteiger partial charge in [-0.1, -0.05) is 13.8 Å². The number of morpholine rings is 1. The number of hydrogen-bond acceptors (Lipinski definition) is 5. The second-order valence-electron chi connectivity index (χ2n) is 10.3. The van der Waals surface area contributed by atoms with Gasteiger partial charge in [0.25, 0.3) is 0 Å². The first-order valence-electron chi connectivity index (χ1n) is 12.3. The Morgan fingerprint density at radius 1 is 1.30 bits per heavy atom. The van der Waals surface area contributed by atoms with E-state index < -0.39 is 0 Å². The van der Waals surface area contributed by atoms with Gasteiger partial charge in [-0.15, -0.1) is 11.3 Å². The van der Waals surface area contributed by atoms with Gasteiger partial charge in [-0.3, -0.25) is 0 Å². The number of pyridine rings is 1. The number of aliphatic imine (C=N–C) groups is 1. The van der Waals surface area contributed by atoms with Crippen LogP contribution in [0.1, 0.15) is 72.1 Å². The molecule has 3 aromatic rings. The van der Waals surface area contributed by atoms with Crippen LogP contribution < -0.4 is 11.1 Å². The highest BCUT2D eigenvalue weighted by Crippen LogP contribution is 2.53. The topological polar surface area (TPSA) is 88.3 Å². The molecule has 3 aromatic heterocycles. The van der Waals surface area contributed by atoms with E-state index in [0.717, 1.165) is 57.6 Å². The number of aryl methyl sites for hydroxylation is 1. The second-order valence-corrected chi connectivity index (χ2v) is 11.3. The zero-order valence-electron chi connectivity index (χ0n) is 19.8. The van der Waals surface area contributed by atoms with Crippen LogP contribution in [-0.4, -0.2) is 41.6 Å². The first-order chi connectivity index (χ1) is 16.0. The molecule has 174 valence electrons. The average molecular weight is 464 g/mol. The molecule has 1 saturated carbocycles. The third kappa shape index (κ3) is 3.27. The first-order valence-corrected chi connectivity index (χ1v) is 13.1. The van der Waals surface area contributed by atoms with Crippen molar-refractivity contribution < 1.29 is 4.74 Å². The summed E-state index contributed by atoms with van der Waals surface area (Å²) in [5.41, 5.74) is 13.7. The van der Waals surface area contributed by atoms with Crippen molar-refractivity contribution >= 4 is 33.7 Å². The molecule has 1 saturated heterocycles. The van der Waals surface area contributed by atoms with E-state index >= 15 is 0 Å². The minimum absolute atomic E-state index is 0.0685. The quantitative estimate of drug-likeness (QED) is 0.372. The van der Waals surface area contributed by atoms with E-state index in [1.807, 2.05) is 17.5 Å². The lowest BCUT2D eigenvalue weighted by molar-refractivity contribution is -0.125. The summed E-state index contributed by atoms with van der Waals surface area (Å²) in [6, 6.07) is 0. The number of nitrogens with one attached hydrogen (secondary N) is 2. The molecule has 4 heterocycles. The Hall–Kier alpha value is -2.22. The molecule has 2 fully saturated rings. The lowest BCUT2D eigenvalue weighted by Gasteiger charge is -2.49. The Morgan fingerprint density at radius 2 is 2.12 bits per heavy atom. The molecule has 3 aliphatic rings. The molecule has 0 radical (unpaired) electrons. The number of aromatic nitrogens is 2. The Kier molecular flexibility index (Phi) is 5.12. The van der Waals surface area contributed by atoms with Gasteiger partial charge in [0.1, 0.15) is 4.83 Å². The third-order valence-electron chi connectivity index (χ3n) is 7.88. The molecule has 0 amide bonds. The molecule has 1 spiro atoms. The maximum atomic E-state index is 6.17. The largest absolute Gasteiger partial charge is 0.390 e. The van der Waals surface area contributed by atoms with Gasteiger partial charge < -0.3 is 20.8 Å². The highest BCUT2D eigenvalue weighted by atomic mass is 32.1. The number of fused-ring (bicyclic) bond motifs is 2. The predicted octanol–water partition coefficient (Wildman–Crippen LogP) is 5.07. The summed E-state index contributed by atoms with van der Waals surface area (Å²) in [7, 11) is 0.